The lowest BCUT2D eigenvalue weighted by atomic mass is 9.89. The highest BCUT2D eigenvalue weighted by Crippen LogP contribution is 2.29. The van der Waals surface area contributed by atoms with Crippen molar-refractivity contribution in [3.63, 3.8) is 0 Å². The first-order chi connectivity index (χ1) is 12.3. The monoisotopic (exact) mass is 373 g/mol. The molecular weight excluding hydrogens is 339 g/mol. The van der Waals surface area contributed by atoms with Gasteiger partial charge >= 0.3 is 6.18 Å². The van der Waals surface area contributed by atoms with Crippen LogP contribution < -0.4 is 0 Å². The number of halogens is 3. The third-order valence-electron chi connectivity index (χ3n) is 4.45. The summed E-state index contributed by atoms with van der Waals surface area (Å²) < 4.78 is 42.8. The van der Waals surface area contributed by atoms with Crippen molar-refractivity contribution in [2.24, 2.45) is 5.92 Å². The quantitative estimate of drug-likeness (QED) is 0.571. The number of ether oxygens (including phenoxy) is 1. The summed E-state index contributed by atoms with van der Waals surface area (Å²) in [7, 11) is 0. The fourth-order valence-electron chi connectivity index (χ4n) is 3.14. The van der Waals surface area contributed by atoms with Crippen molar-refractivity contribution >= 4 is 0 Å². The van der Waals surface area contributed by atoms with Gasteiger partial charge in [0, 0.05) is 13.2 Å². The van der Waals surface area contributed by atoms with Gasteiger partial charge in [-0.05, 0) is 48.9 Å². The van der Waals surface area contributed by atoms with Crippen molar-refractivity contribution in [1.82, 2.24) is 4.90 Å². The van der Waals surface area contributed by atoms with E-state index in [4.69, 9.17) is 4.74 Å². The average molecular weight is 374 g/mol. The molecule has 1 aromatic carbocycles. The van der Waals surface area contributed by atoms with Crippen molar-refractivity contribution in [2.75, 3.05) is 32.8 Å². The number of likely N-dealkylation sites (tertiary alicyclic amines) is 1. The molecule has 1 heterocycles. The van der Waals surface area contributed by atoms with Crippen LogP contribution in [0, 0.1) is 5.92 Å². The zero-order chi connectivity index (χ0) is 19.6. The number of hydrogen-bond donors (Lipinski definition) is 0. The van der Waals surface area contributed by atoms with E-state index in [0.717, 1.165) is 51.3 Å². The average Bonchev–Trinajstić information content (AvgIpc) is 2.60. The number of nitrogens with zero attached hydrogens (tertiary/aromatic N) is 1. The van der Waals surface area contributed by atoms with Crippen LogP contribution in [0.1, 0.15) is 57.6 Å². The lowest BCUT2D eigenvalue weighted by Gasteiger charge is -2.32. The molecular formula is C21H34F3NO. The van der Waals surface area contributed by atoms with Crippen LogP contribution >= 0.6 is 0 Å². The molecule has 0 N–H and O–H groups in total. The normalized spacial score (nSPS) is 16.5. The topological polar surface area (TPSA) is 12.5 Å². The van der Waals surface area contributed by atoms with Gasteiger partial charge in [-0.25, -0.2) is 0 Å². The zero-order valence-corrected chi connectivity index (χ0v) is 16.6. The lowest BCUT2D eigenvalue weighted by molar-refractivity contribution is -0.127. The van der Waals surface area contributed by atoms with Crippen LogP contribution in [0.5, 0.6) is 0 Å². The maximum atomic E-state index is 12.4. The second-order valence-corrected chi connectivity index (χ2v) is 7.12. The highest BCUT2D eigenvalue weighted by atomic mass is 19.4. The molecule has 0 bridgehead atoms. The Kier molecular flexibility index (Phi) is 10.3. The minimum Gasteiger partial charge on any atom is -0.380 e. The Morgan fingerprint density at radius 2 is 1.65 bits per heavy atom. The van der Waals surface area contributed by atoms with E-state index in [1.165, 1.54) is 0 Å². The molecule has 1 fully saturated rings. The van der Waals surface area contributed by atoms with Crippen LogP contribution in [0.2, 0.25) is 0 Å². The summed E-state index contributed by atoms with van der Waals surface area (Å²) in [4.78, 5) is 2.41. The van der Waals surface area contributed by atoms with E-state index in [1.54, 1.807) is 12.1 Å². The first-order valence-electron chi connectivity index (χ1n) is 9.79. The smallest absolute Gasteiger partial charge is 0.380 e. The standard InChI is InChI=1S/C19H28F3NO.C2H6/c1-15(2)14-24-12-11-23-9-7-18(8-10-23)17-5-3-16(4-6-17)13-19(20,21)22;1-2/h3-6,15,18H,7-14H2,1-2H3;1-2H3. The van der Waals surface area contributed by atoms with Crippen LogP contribution in [-0.4, -0.2) is 43.9 Å². The van der Waals surface area contributed by atoms with Gasteiger partial charge in [0.1, 0.15) is 0 Å². The van der Waals surface area contributed by atoms with Gasteiger partial charge < -0.3 is 9.64 Å². The van der Waals surface area contributed by atoms with Crippen molar-refractivity contribution in [3.8, 4) is 0 Å². The molecule has 1 aliphatic rings. The van der Waals surface area contributed by atoms with Gasteiger partial charge in [-0.2, -0.15) is 13.2 Å². The molecule has 0 saturated carbocycles. The molecule has 5 heteroatoms. The van der Waals surface area contributed by atoms with Crippen molar-refractivity contribution in [2.45, 2.75) is 59.1 Å². The van der Waals surface area contributed by atoms with Crippen LogP contribution in [0.3, 0.4) is 0 Å². The summed E-state index contributed by atoms with van der Waals surface area (Å²) in [5, 5.41) is 0. The van der Waals surface area contributed by atoms with E-state index in [2.05, 4.69) is 18.7 Å². The maximum Gasteiger partial charge on any atom is 0.393 e. The highest BCUT2D eigenvalue weighted by Gasteiger charge is 2.27. The third-order valence-corrected chi connectivity index (χ3v) is 4.45. The van der Waals surface area contributed by atoms with Gasteiger partial charge in [0.05, 0.1) is 13.0 Å². The minimum atomic E-state index is -4.13. The van der Waals surface area contributed by atoms with Gasteiger partial charge in [-0.1, -0.05) is 52.0 Å². The van der Waals surface area contributed by atoms with Crippen LogP contribution in [-0.2, 0) is 11.2 Å². The van der Waals surface area contributed by atoms with Crippen LogP contribution in [0.15, 0.2) is 24.3 Å². The van der Waals surface area contributed by atoms with E-state index in [0.29, 0.717) is 17.4 Å². The summed E-state index contributed by atoms with van der Waals surface area (Å²) in [6.07, 6.45) is -2.86. The van der Waals surface area contributed by atoms with Gasteiger partial charge in [0.15, 0.2) is 0 Å². The highest BCUT2D eigenvalue weighted by molar-refractivity contribution is 5.26. The Bertz CT molecular complexity index is 477. The van der Waals surface area contributed by atoms with E-state index < -0.39 is 12.6 Å². The molecule has 1 aliphatic heterocycles. The van der Waals surface area contributed by atoms with E-state index in [-0.39, 0.29) is 0 Å². The predicted octanol–water partition coefficient (Wildman–Crippen LogP) is 5.67. The molecule has 1 aromatic rings. The molecule has 0 spiro atoms. The molecule has 0 aromatic heterocycles. The fourth-order valence-corrected chi connectivity index (χ4v) is 3.14. The molecule has 0 unspecified atom stereocenters. The molecule has 1 saturated heterocycles. The Balaban J connectivity index is 0.00000163. The molecule has 0 aliphatic carbocycles. The molecule has 26 heavy (non-hydrogen) atoms. The van der Waals surface area contributed by atoms with Gasteiger partial charge in [0.25, 0.3) is 0 Å². The third kappa shape index (κ3) is 9.04. The van der Waals surface area contributed by atoms with E-state index >= 15 is 0 Å². The summed E-state index contributed by atoms with van der Waals surface area (Å²) in [6.45, 7) is 12.9. The number of piperidine rings is 1. The number of hydrogen-bond acceptors (Lipinski definition) is 2. The summed E-state index contributed by atoms with van der Waals surface area (Å²) in [6, 6.07) is 6.98. The Morgan fingerprint density at radius 1 is 1.08 bits per heavy atom. The Labute approximate surface area is 156 Å². The molecule has 2 rings (SSSR count). The summed E-state index contributed by atoms with van der Waals surface area (Å²) in [5.41, 5.74) is 1.50. The largest absolute Gasteiger partial charge is 0.393 e. The van der Waals surface area contributed by atoms with Crippen molar-refractivity contribution in [3.05, 3.63) is 35.4 Å². The Morgan fingerprint density at radius 3 is 2.15 bits per heavy atom. The van der Waals surface area contributed by atoms with Crippen LogP contribution in [0.4, 0.5) is 13.2 Å². The minimum absolute atomic E-state index is 0.339. The number of benzene rings is 1. The number of rotatable bonds is 7. The van der Waals surface area contributed by atoms with E-state index in [1.807, 2.05) is 26.0 Å². The van der Waals surface area contributed by atoms with Crippen molar-refractivity contribution in [1.29, 1.82) is 0 Å². The molecule has 2 nitrogen and oxygen atoms in total. The van der Waals surface area contributed by atoms with Crippen molar-refractivity contribution < 1.29 is 17.9 Å². The molecule has 150 valence electrons. The predicted molar refractivity (Wildman–Crippen MR) is 102 cm³/mol. The lowest BCUT2D eigenvalue weighted by Crippen LogP contribution is -2.35. The SMILES string of the molecule is CC.CC(C)COCCN1CCC(c2ccc(CC(F)(F)F)cc2)CC1. The Hall–Kier alpha value is -1.07. The maximum absolute atomic E-state index is 12.4. The fraction of sp³-hybridized carbons (Fsp3) is 0.714. The van der Waals surface area contributed by atoms with Gasteiger partial charge in [-0.15, -0.1) is 0 Å². The molecule has 0 amide bonds. The first kappa shape index (κ1) is 23.0. The zero-order valence-electron chi connectivity index (χ0n) is 16.6. The van der Waals surface area contributed by atoms with Crippen LogP contribution in [0.25, 0.3) is 0 Å². The van der Waals surface area contributed by atoms with Gasteiger partial charge in [0.2, 0.25) is 0 Å². The summed E-state index contributed by atoms with van der Waals surface area (Å²) >= 11 is 0. The second-order valence-electron chi connectivity index (χ2n) is 7.12. The second kappa shape index (κ2) is 11.6. The molecule has 0 radical (unpaired) electrons. The number of alkyl halides is 3. The summed E-state index contributed by atoms with van der Waals surface area (Å²) in [5.74, 6) is 1.02. The van der Waals surface area contributed by atoms with E-state index in [9.17, 15) is 13.2 Å². The first-order valence-corrected chi connectivity index (χ1v) is 9.79. The molecule has 0 atom stereocenters. The van der Waals surface area contributed by atoms with Gasteiger partial charge in [-0.3, -0.25) is 0 Å².